The van der Waals surface area contributed by atoms with Gasteiger partial charge in [0.1, 0.15) is 12.6 Å². The van der Waals surface area contributed by atoms with Gasteiger partial charge in [-0.1, -0.05) is 60.7 Å². The van der Waals surface area contributed by atoms with Gasteiger partial charge in [-0.25, -0.2) is 4.79 Å². The largest absolute Gasteiger partial charge is 0.445 e. The van der Waals surface area contributed by atoms with Crippen LogP contribution in [0.1, 0.15) is 24.0 Å². The average Bonchev–Trinajstić information content (AvgIpc) is 2.74. The van der Waals surface area contributed by atoms with E-state index >= 15 is 0 Å². The molecular formula is C21H24N4O5. The van der Waals surface area contributed by atoms with E-state index in [4.69, 9.17) is 10.5 Å². The third kappa shape index (κ3) is 8.42. The van der Waals surface area contributed by atoms with E-state index in [1.54, 1.807) is 48.5 Å². The maximum absolute atomic E-state index is 12.4. The zero-order valence-electron chi connectivity index (χ0n) is 16.3. The van der Waals surface area contributed by atoms with E-state index in [-0.39, 0.29) is 25.9 Å². The molecule has 0 aromatic heterocycles. The molecular weight excluding hydrogens is 388 g/mol. The number of benzene rings is 2. The fourth-order valence-corrected chi connectivity index (χ4v) is 2.51. The summed E-state index contributed by atoms with van der Waals surface area (Å²) >= 11 is 0. The summed E-state index contributed by atoms with van der Waals surface area (Å²) < 4.78 is 5.09. The Balaban J connectivity index is 1.85. The lowest BCUT2D eigenvalue weighted by molar-refractivity contribution is -0.130. The third-order valence-corrected chi connectivity index (χ3v) is 4.03. The quantitative estimate of drug-likeness (QED) is 0.454. The molecule has 0 bridgehead atoms. The Morgan fingerprint density at radius 2 is 1.47 bits per heavy atom. The summed E-state index contributed by atoms with van der Waals surface area (Å²) in [4.78, 5) is 47.5. The fourth-order valence-electron chi connectivity index (χ4n) is 2.51. The van der Waals surface area contributed by atoms with E-state index in [1.807, 2.05) is 12.1 Å². The first-order valence-electron chi connectivity index (χ1n) is 9.32. The molecule has 2 aromatic rings. The summed E-state index contributed by atoms with van der Waals surface area (Å²) in [5.41, 5.74) is 11.2. The summed E-state index contributed by atoms with van der Waals surface area (Å²) in [6.07, 6.45) is -0.941. The number of carbonyl (C=O) groups is 4. The van der Waals surface area contributed by atoms with Crippen molar-refractivity contribution < 1.29 is 23.9 Å². The monoisotopic (exact) mass is 412 g/mol. The number of ether oxygens (including phenoxy) is 1. The number of hydrogen-bond donors (Lipinski definition) is 4. The first-order valence-corrected chi connectivity index (χ1v) is 9.32. The minimum absolute atomic E-state index is 0.0185. The molecule has 158 valence electrons. The number of nitrogens with one attached hydrogen (secondary N) is 3. The maximum Gasteiger partial charge on any atom is 0.408 e. The van der Waals surface area contributed by atoms with E-state index in [9.17, 15) is 19.2 Å². The Kier molecular flexibility index (Phi) is 8.85. The van der Waals surface area contributed by atoms with Crippen LogP contribution in [0.25, 0.3) is 0 Å². The van der Waals surface area contributed by atoms with Crippen molar-refractivity contribution >= 4 is 23.8 Å². The minimum atomic E-state index is -1.11. The Hall–Kier alpha value is -3.88. The summed E-state index contributed by atoms with van der Waals surface area (Å²) in [5, 5.41) is 2.38. The lowest BCUT2D eigenvalue weighted by Crippen LogP contribution is -2.52. The van der Waals surface area contributed by atoms with Crippen molar-refractivity contribution in [1.82, 2.24) is 16.2 Å². The Morgan fingerprint density at radius 1 is 0.867 bits per heavy atom. The van der Waals surface area contributed by atoms with Gasteiger partial charge in [0, 0.05) is 6.42 Å². The van der Waals surface area contributed by atoms with Crippen molar-refractivity contribution in [3.05, 3.63) is 71.8 Å². The molecule has 0 unspecified atom stereocenters. The lowest BCUT2D eigenvalue weighted by Gasteiger charge is -2.18. The molecule has 0 saturated carbocycles. The summed E-state index contributed by atoms with van der Waals surface area (Å²) in [7, 11) is 0. The van der Waals surface area contributed by atoms with Gasteiger partial charge < -0.3 is 15.8 Å². The van der Waals surface area contributed by atoms with Crippen molar-refractivity contribution in [2.24, 2.45) is 5.73 Å². The van der Waals surface area contributed by atoms with Crippen LogP contribution in [-0.2, 0) is 32.1 Å². The lowest BCUT2D eigenvalue weighted by atomic mass is 10.1. The zero-order valence-corrected chi connectivity index (χ0v) is 16.3. The molecule has 0 radical (unpaired) electrons. The van der Waals surface area contributed by atoms with E-state index in [1.165, 1.54) is 0 Å². The van der Waals surface area contributed by atoms with Crippen molar-refractivity contribution in [2.75, 3.05) is 0 Å². The van der Waals surface area contributed by atoms with Crippen molar-refractivity contribution in [1.29, 1.82) is 0 Å². The first kappa shape index (κ1) is 22.4. The van der Waals surface area contributed by atoms with Gasteiger partial charge in [0.2, 0.25) is 11.8 Å². The van der Waals surface area contributed by atoms with Gasteiger partial charge in [-0.15, -0.1) is 0 Å². The smallest absolute Gasteiger partial charge is 0.408 e. The third-order valence-electron chi connectivity index (χ3n) is 4.03. The number of nitrogens with two attached hydrogens (primary N) is 1. The average molecular weight is 412 g/mol. The van der Waals surface area contributed by atoms with Crippen LogP contribution >= 0.6 is 0 Å². The Morgan fingerprint density at radius 3 is 2.07 bits per heavy atom. The van der Waals surface area contributed by atoms with Crippen LogP contribution in [0.2, 0.25) is 0 Å². The zero-order chi connectivity index (χ0) is 21.8. The standard InChI is InChI=1S/C21H24N4O5/c22-18(26)12-11-17(23-21(29)30-14-16-9-5-2-6-10-16)20(28)25-24-19(27)13-15-7-3-1-4-8-15/h1-10,17H,11-14H2,(H2,22,26)(H,23,29)(H,24,27)(H,25,28)/t17-/m0/s1. The first-order chi connectivity index (χ1) is 14.4. The van der Waals surface area contributed by atoms with Crippen molar-refractivity contribution in [3.63, 3.8) is 0 Å². The van der Waals surface area contributed by atoms with E-state index in [2.05, 4.69) is 16.2 Å². The SMILES string of the molecule is NC(=O)CC[C@H](NC(=O)OCc1ccccc1)C(=O)NNC(=O)Cc1ccccc1. The van der Waals surface area contributed by atoms with Crippen molar-refractivity contribution in [2.45, 2.75) is 31.9 Å². The van der Waals surface area contributed by atoms with E-state index < -0.39 is 29.9 Å². The molecule has 30 heavy (non-hydrogen) atoms. The number of amides is 4. The number of primary amides is 1. The Labute approximate surface area is 173 Å². The predicted octanol–water partition coefficient (Wildman–Crippen LogP) is 0.937. The van der Waals surface area contributed by atoms with Crippen LogP contribution < -0.4 is 21.9 Å². The molecule has 2 rings (SSSR count). The molecule has 2 aromatic carbocycles. The van der Waals surface area contributed by atoms with E-state index in [0.717, 1.165) is 11.1 Å². The second kappa shape index (κ2) is 11.8. The van der Waals surface area contributed by atoms with Gasteiger partial charge in [-0.3, -0.25) is 25.2 Å². The molecule has 4 amide bonds. The second-order valence-electron chi connectivity index (χ2n) is 6.46. The number of carbonyl (C=O) groups excluding carboxylic acids is 4. The highest BCUT2D eigenvalue weighted by Gasteiger charge is 2.22. The molecule has 5 N–H and O–H groups in total. The molecule has 0 heterocycles. The van der Waals surface area contributed by atoms with Crippen LogP contribution in [0, 0.1) is 0 Å². The molecule has 0 aliphatic carbocycles. The highest BCUT2D eigenvalue weighted by atomic mass is 16.5. The minimum Gasteiger partial charge on any atom is -0.445 e. The normalized spacial score (nSPS) is 11.1. The highest BCUT2D eigenvalue weighted by Crippen LogP contribution is 2.03. The molecule has 1 atom stereocenters. The number of hydrogen-bond acceptors (Lipinski definition) is 5. The van der Waals surface area contributed by atoms with Gasteiger partial charge in [0.05, 0.1) is 6.42 Å². The number of hydrazine groups is 1. The number of alkyl carbamates (subject to hydrolysis) is 1. The molecule has 0 spiro atoms. The second-order valence-corrected chi connectivity index (χ2v) is 6.46. The topological polar surface area (TPSA) is 140 Å². The van der Waals surface area contributed by atoms with E-state index in [0.29, 0.717) is 0 Å². The van der Waals surface area contributed by atoms with Gasteiger partial charge >= 0.3 is 6.09 Å². The van der Waals surface area contributed by atoms with Gasteiger partial charge in [0.15, 0.2) is 0 Å². The maximum atomic E-state index is 12.4. The highest BCUT2D eigenvalue weighted by molar-refractivity contribution is 5.88. The molecule has 9 heteroatoms. The predicted molar refractivity (Wildman–Crippen MR) is 108 cm³/mol. The van der Waals surface area contributed by atoms with Crippen LogP contribution in [-0.4, -0.2) is 29.9 Å². The molecule has 0 aliphatic rings. The summed E-state index contributed by atoms with van der Waals surface area (Å²) in [5.74, 6) is -1.76. The number of rotatable bonds is 9. The summed E-state index contributed by atoms with van der Waals surface area (Å²) in [6.45, 7) is 0.0185. The van der Waals surface area contributed by atoms with Crippen LogP contribution in [0.3, 0.4) is 0 Å². The molecule has 0 saturated heterocycles. The van der Waals surface area contributed by atoms with Gasteiger partial charge in [0.25, 0.3) is 5.91 Å². The van der Waals surface area contributed by atoms with Gasteiger partial charge in [-0.2, -0.15) is 0 Å². The molecule has 9 nitrogen and oxygen atoms in total. The molecule has 0 fully saturated rings. The van der Waals surface area contributed by atoms with Crippen LogP contribution in [0.15, 0.2) is 60.7 Å². The van der Waals surface area contributed by atoms with Gasteiger partial charge in [-0.05, 0) is 17.5 Å². The Bertz CT molecular complexity index is 858. The van der Waals surface area contributed by atoms with Crippen LogP contribution in [0.5, 0.6) is 0 Å². The fraction of sp³-hybridized carbons (Fsp3) is 0.238. The van der Waals surface area contributed by atoms with Crippen LogP contribution in [0.4, 0.5) is 4.79 Å². The molecule has 0 aliphatic heterocycles. The van der Waals surface area contributed by atoms with Crippen molar-refractivity contribution in [3.8, 4) is 0 Å². The summed E-state index contributed by atoms with van der Waals surface area (Å²) in [6, 6.07) is 16.9.